The Labute approximate surface area is 147 Å². The molecular formula is C22H19NO2. The highest BCUT2D eigenvalue weighted by atomic mass is 16.3. The number of hydrogen-bond donors (Lipinski definition) is 1. The molecule has 25 heavy (non-hydrogen) atoms. The van der Waals surface area contributed by atoms with Crippen LogP contribution in [-0.2, 0) is 17.6 Å². The molecule has 1 aliphatic carbocycles. The number of aryl methyl sites for hydroxylation is 1. The first kappa shape index (κ1) is 15.5. The summed E-state index contributed by atoms with van der Waals surface area (Å²) in [5.41, 5.74) is 3.98. The SMILES string of the molecule is O=C(Cc1ccccc1)Nc1ccc(-c2cc3c(o2)CCC=C3)cc1. The van der Waals surface area contributed by atoms with E-state index in [1.165, 1.54) is 5.56 Å². The molecule has 0 atom stereocenters. The number of furan rings is 1. The van der Waals surface area contributed by atoms with Gasteiger partial charge in [0.05, 0.1) is 6.42 Å². The Morgan fingerprint density at radius 3 is 2.60 bits per heavy atom. The topological polar surface area (TPSA) is 42.2 Å². The molecular weight excluding hydrogens is 310 g/mol. The van der Waals surface area contributed by atoms with Crippen molar-refractivity contribution in [3.05, 3.63) is 83.6 Å². The van der Waals surface area contributed by atoms with E-state index < -0.39 is 0 Å². The Balaban J connectivity index is 1.44. The second kappa shape index (κ2) is 6.81. The Morgan fingerprint density at radius 2 is 1.84 bits per heavy atom. The van der Waals surface area contributed by atoms with E-state index in [1.807, 2.05) is 54.6 Å². The van der Waals surface area contributed by atoms with Crippen LogP contribution >= 0.6 is 0 Å². The molecule has 3 aromatic rings. The summed E-state index contributed by atoms with van der Waals surface area (Å²) < 4.78 is 5.95. The third kappa shape index (κ3) is 3.56. The van der Waals surface area contributed by atoms with E-state index in [-0.39, 0.29) is 5.91 Å². The fourth-order valence-corrected chi connectivity index (χ4v) is 3.05. The first-order valence-electron chi connectivity index (χ1n) is 8.51. The lowest BCUT2D eigenvalue weighted by Gasteiger charge is -2.06. The lowest BCUT2D eigenvalue weighted by Crippen LogP contribution is -2.14. The third-order valence-corrected chi connectivity index (χ3v) is 4.34. The molecule has 124 valence electrons. The van der Waals surface area contributed by atoms with Gasteiger partial charge in [-0.3, -0.25) is 4.79 Å². The Morgan fingerprint density at radius 1 is 1.04 bits per heavy atom. The molecule has 0 unspecified atom stereocenters. The lowest BCUT2D eigenvalue weighted by molar-refractivity contribution is -0.115. The molecule has 1 aliphatic rings. The summed E-state index contributed by atoms with van der Waals surface area (Å²) in [6.45, 7) is 0. The molecule has 1 N–H and O–H groups in total. The minimum absolute atomic E-state index is 0.0162. The number of rotatable bonds is 4. The quantitative estimate of drug-likeness (QED) is 0.724. The Hall–Kier alpha value is -3.07. The van der Waals surface area contributed by atoms with Gasteiger partial charge in [0.15, 0.2) is 0 Å². The van der Waals surface area contributed by atoms with Gasteiger partial charge < -0.3 is 9.73 Å². The predicted molar refractivity (Wildman–Crippen MR) is 100 cm³/mol. The summed E-state index contributed by atoms with van der Waals surface area (Å²) in [6, 6.07) is 19.6. The number of fused-ring (bicyclic) bond motifs is 1. The van der Waals surface area contributed by atoms with Crippen molar-refractivity contribution in [1.82, 2.24) is 0 Å². The highest BCUT2D eigenvalue weighted by molar-refractivity contribution is 5.92. The zero-order valence-corrected chi connectivity index (χ0v) is 13.9. The van der Waals surface area contributed by atoms with E-state index in [0.29, 0.717) is 6.42 Å². The predicted octanol–water partition coefficient (Wildman–Crippen LogP) is 5.09. The fourth-order valence-electron chi connectivity index (χ4n) is 3.05. The largest absolute Gasteiger partial charge is 0.460 e. The van der Waals surface area contributed by atoms with Crippen molar-refractivity contribution >= 4 is 17.7 Å². The molecule has 3 heteroatoms. The zero-order chi connectivity index (χ0) is 17.1. The van der Waals surface area contributed by atoms with Crippen molar-refractivity contribution in [1.29, 1.82) is 0 Å². The monoisotopic (exact) mass is 329 g/mol. The van der Waals surface area contributed by atoms with Crippen molar-refractivity contribution < 1.29 is 9.21 Å². The molecule has 1 amide bonds. The molecule has 0 aliphatic heterocycles. The first-order valence-corrected chi connectivity index (χ1v) is 8.51. The van der Waals surface area contributed by atoms with Crippen molar-refractivity contribution in [2.45, 2.75) is 19.3 Å². The van der Waals surface area contributed by atoms with Crippen LogP contribution in [-0.4, -0.2) is 5.91 Å². The van der Waals surface area contributed by atoms with Crippen molar-refractivity contribution in [2.75, 3.05) is 5.32 Å². The smallest absolute Gasteiger partial charge is 0.228 e. The average molecular weight is 329 g/mol. The van der Waals surface area contributed by atoms with E-state index in [0.717, 1.165) is 41.2 Å². The summed E-state index contributed by atoms with van der Waals surface area (Å²) in [5.74, 6) is 1.91. The van der Waals surface area contributed by atoms with Crippen molar-refractivity contribution in [2.24, 2.45) is 0 Å². The number of carbonyl (C=O) groups is 1. The van der Waals surface area contributed by atoms with Gasteiger partial charge in [-0.2, -0.15) is 0 Å². The number of nitrogens with one attached hydrogen (secondary N) is 1. The van der Waals surface area contributed by atoms with Gasteiger partial charge in [-0.05, 0) is 42.3 Å². The molecule has 0 bridgehead atoms. The summed E-state index contributed by atoms with van der Waals surface area (Å²) in [7, 11) is 0. The van der Waals surface area contributed by atoms with Crippen LogP contribution in [0.4, 0.5) is 5.69 Å². The van der Waals surface area contributed by atoms with Crippen LogP contribution in [0.3, 0.4) is 0 Å². The Kier molecular flexibility index (Phi) is 4.21. The van der Waals surface area contributed by atoms with Crippen LogP contribution in [0.1, 0.15) is 23.3 Å². The van der Waals surface area contributed by atoms with Gasteiger partial charge in [-0.25, -0.2) is 0 Å². The normalized spacial score (nSPS) is 12.6. The number of carbonyl (C=O) groups excluding carboxylic acids is 1. The van der Waals surface area contributed by atoms with Crippen LogP contribution < -0.4 is 5.32 Å². The molecule has 1 heterocycles. The third-order valence-electron chi connectivity index (χ3n) is 4.34. The van der Waals surface area contributed by atoms with E-state index >= 15 is 0 Å². The Bertz CT molecular complexity index is 905. The molecule has 0 spiro atoms. The van der Waals surface area contributed by atoms with Gasteiger partial charge in [0.1, 0.15) is 11.5 Å². The van der Waals surface area contributed by atoms with Crippen molar-refractivity contribution in [3.63, 3.8) is 0 Å². The molecule has 3 nitrogen and oxygen atoms in total. The zero-order valence-electron chi connectivity index (χ0n) is 13.9. The standard InChI is InChI=1S/C22H19NO2/c24-22(14-16-6-2-1-3-7-16)23-19-12-10-17(11-13-19)21-15-18-8-4-5-9-20(18)25-21/h1-4,6-8,10-13,15H,5,9,14H2,(H,23,24). The van der Waals surface area contributed by atoms with Crippen molar-refractivity contribution in [3.8, 4) is 11.3 Å². The highest BCUT2D eigenvalue weighted by Crippen LogP contribution is 2.30. The van der Waals surface area contributed by atoms with Gasteiger partial charge >= 0.3 is 0 Å². The number of benzene rings is 2. The van der Waals surface area contributed by atoms with E-state index in [2.05, 4.69) is 23.5 Å². The molecule has 0 saturated carbocycles. The second-order valence-corrected chi connectivity index (χ2v) is 6.22. The minimum atomic E-state index is -0.0162. The minimum Gasteiger partial charge on any atom is -0.460 e. The first-order chi connectivity index (χ1) is 12.3. The van der Waals surface area contributed by atoms with Crippen LogP contribution in [0, 0.1) is 0 Å². The second-order valence-electron chi connectivity index (χ2n) is 6.22. The van der Waals surface area contributed by atoms with Crippen LogP contribution in [0.15, 0.2) is 71.2 Å². The molecule has 4 rings (SSSR count). The summed E-state index contributed by atoms with van der Waals surface area (Å²) in [6.07, 6.45) is 6.66. The van der Waals surface area contributed by atoms with E-state index in [4.69, 9.17) is 4.42 Å². The van der Waals surface area contributed by atoms with E-state index in [9.17, 15) is 4.79 Å². The molecule has 2 aromatic carbocycles. The fraction of sp³-hybridized carbons (Fsp3) is 0.136. The average Bonchev–Trinajstić information content (AvgIpc) is 3.07. The van der Waals surface area contributed by atoms with Gasteiger partial charge in [0, 0.05) is 23.2 Å². The summed E-state index contributed by atoms with van der Waals surface area (Å²) in [5, 5.41) is 2.94. The van der Waals surface area contributed by atoms with Gasteiger partial charge in [-0.1, -0.05) is 42.5 Å². The van der Waals surface area contributed by atoms with Crippen LogP contribution in [0.25, 0.3) is 17.4 Å². The number of hydrogen-bond acceptors (Lipinski definition) is 2. The van der Waals surface area contributed by atoms with E-state index in [1.54, 1.807) is 0 Å². The number of allylic oxidation sites excluding steroid dienone is 1. The maximum Gasteiger partial charge on any atom is 0.228 e. The van der Waals surface area contributed by atoms with Crippen LogP contribution in [0.2, 0.25) is 0 Å². The maximum atomic E-state index is 12.1. The molecule has 1 aromatic heterocycles. The summed E-state index contributed by atoms with van der Waals surface area (Å²) >= 11 is 0. The molecule has 0 fully saturated rings. The van der Waals surface area contributed by atoms with Gasteiger partial charge in [0.25, 0.3) is 0 Å². The van der Waals surface area contributed by atoms with Gasteiger partial charge in [0.2, 0.25) is 5.91 Å². The lowest BCUT2D eigenvalue weighted by atomic mass is 10.1. The number of anilines is 1. The van der Waals surface area contributed by atoms with Gasteiger partial charge in [-0.15, -0.1) is 0 Å². The highest BCUT2D eigenvalue weighted by Gasteiger charge is 2.13. The summed E-state index contributed by atoms with van der Waals surface area (Å²) in [4.78, 5) is 12.1. The molecule has 0 saturated heterocycles. The van der Waals surface area contributed by atoms with Crippen LogP contribution in [0.5, 0.6) is 0 Å². The maximum absolute atomic E-state index is 12.1. The molecule has 0 radical (unpaired) electrons. The number of amides is 1.